The fourth-order valence-corrected chi connectivity index (χ4v) is 2.78. The van der Waals surface area contributed by atoms with Gasteiger partial charge in [-0.05, 0) is 26.0 Å². The van der Waals surface area contributed by atoms with Crippen LogP contribution in [0.15, 0.2) is 54.9 Å². The molecule has 0 unspecified atom stereocenters. The van der Waals surface area contributed by atoms with E-state index in [4.69, 9.17) is 0 Å². The number of nitrogens with zero attached hydrogens (tertiary/aromatic N) is 3. The Bertz CT molecular complexity index is 835. The fraction of sp³-hybridized carbons (Fsp3) is 0.211. The summed E-state index contributed by atoms with van der Waals surface area (Å²) in [6, 6.07) is 15.5. The number of carbonyl (C=O) groups is 1. The van der Waals surface area contributed by atoms with Crippen molar-refractivity contribution in [3.8, 4) is 11.3 Å². The molecular weight excluding hydrogens is 286 g/mol. The highest BCUT2D eigenvalue weighted by atomic mass is 16.2. The third-order valence-electron chi connectivity index (χ3n) is 4.01. The van der Waals surface area contributed by atoms with Gasteiger partial charge in [-0.2, -0.15) is 0 Å². The van der Waals surface area contributed by atoms with E-state index in [1.165, 1.54) is 0 Å². The van der Waals surface area contributed by atoms with Gasteiger partial charge in [0.05, 0.1) is 11.2 Å². The number of hydrogen-bond acceptors (Lipinski definition) is 3. The average Bonchev–Trinajstić information content (AvgIpc) is 2.62. The van der Waals surface area contributed by atoms with E-state index < -0.39 is 0 Å². The Morgan fingerprint density at radius 2 is 1.65 bits per heavy atom. The maximum atomic E-state index is 12.8. The molecule has 23 heavy (non-hydrogen) atoms. The van der Waals surface area contributed by atoms with Crippen LogP contribution in [0.1, 0.15) is 24.2 Å². The summed E-state index contributed by atoms with van der Waals surface area (Å²) in [7, 11) is 0. The predicted molar refractivity (Wildman–Crippen MR) is 92.2 cm³/mol. The maximum Gasteiger partial charge on any atom is 0.254 e. The second-order valence-electron chi connectivity index (χ2n) is 5.26. The largest absolute Gasteiger partial charge is 0.339 e. The van der Waals surface area contributed by atoms with E-state index >= 15 is 0 Å². The third kappa shape index (κ3) is 2.80. The molecule has 3 aromatic rings. The van der Waals surface area contributed by atoms with Crippen LogP contribution in [-0.2, 0) is 0 Å². The van der Waals surface area contributed by atoms with Gasteiger partial charge in [-0.15, -0.1) is 0 Å². The molecule has 0 aliphatic rings. The van der Waals surface area contributed by atoms with Gasteiger partial charge < -0.3 is 4.90 Å². The first-order chi connectivity index (χ1) is 11.3. The summed E-state index contributed by atoms with van der Waals surface area (Å²) in [6.07, 6.45) is 1.55. The highest BCUT2D eigenvalue weighted by Crippen LogP contribution is 2.28. The Morgan fingerprint density at radius 3 is 2.43 bits per heavy atom. The fourth-order valence-electron chi connectivity index (χ4n) is 2.78. The van der Waals surface area contributed by atoms with Crippen LogP contribution in [0.2, 0.25) is 0 Å². The van der Waals surface area contributed by atoms with E-state index in [1.54, 1.807) is 6.33 Å². The van der Waals surface area contributed by atoms with Crippen molar-refractivity contribution in [3.05, 3.63) is 60.4 Å². The minimum Gasteiger partial charge on any atom is -0.339 e. The first-order valence-electron chi connectivity index (χ1n) is 7.84. The van der Waals surface area contributed by atoms with Crippen molar-refractivity contribution < 1.29 is 4.79 Å². The summed E-state index contributed by atoms with van der Waals surface area (Å²) in [4.78, 5) is 23.4. The van der Waals surface area contributed by atoms with E-state index in [-0.39, 0.29) is 5.91 Å². The van der Waals surface area contributed by atoms with Crippen LogP contribution in [0, 0.1) is 0 Å². The van der Waals surface area contributed by atoms with Gasteiger partial charge in [0.1, 0.15) is 6.33 Å². The summed E-state index contributed by atoms with van der Waals surface area (Å²) >= 11 is 0. The summed E-state index contributed by atoms with van der Waals surface area (Å²) in [6.45, 7) is 5.36. The summed E-state index contributed by atoms with van der Waals surface area (Å²) in [5, 5.41) is 0.954. The Morgan fingerprint density at radius 1 is 0.957 bits per heavy atom. The zero-order valence-corrected chi connectivity index (χ0v) is 13.4. The van der Waals surface area contributed by atoms with Gasteiger partial charge in [-0.1, -0.05) is 36.4 Å². The van der Waals surface area contributed by atoms with Gasteiger partial charge >= 0.3 is 0 Å². The SMILES string of the molecule is CCN(CC)C(=O)c1ccccc1-c1ncnc2ccccc12. The van der Waals surface area contributed by atoms with E-state index in [9.17, 15) is 4.79 Å². The standard InChI is InChI=1S/C19H19N3O/c1-3-22(4-2)19(23)15-10-6-5-9-14(15)18-16-11-7-8-12-17(16)20-13-21-18/h5-13H,3-4H2,1-2H3. The molecule has 0 saturated heterocycles. The summed E-state index contributed by atoms with van der Waals surface area (Å²) < 4.78 is 0. The number of hydrogen-bond donors (Lipinski definition) is 0. The van der Waals surface area contributed by atoms with Crippen LogP contribution in [0.4, 0.5) is 0 Å². The van der Waals surface area contributed by atoms with E-state index in [0.29, 0.717) is 18.7 Å². The molecule has 1 heterocycles. The zero-order chi connectivity index (χ0) is 16.2. The van der Waals surface area contributed by atoms with Crippen LogP contribution in [0.25, 0.3) is 22.2 Å². The van der Waals surface area contributed by atoms with Crippen molar-refractivity contribution in [2.24, 2.45) is 0 Å². The van der Waals surface area contributed by atoms with Crippen LogP contribution >= 0.6 is 0 Å². The maximum absolute atomic E-state index is 12.8. The quantitative estimate of drug-likeness (QED) is 0.737. The number of fused-ring (bicyclic) bond motifs is 1. The number of aromatic nitrogens is 2. The van der Waals surface area contributed by atoms with E-state index in [1.807, 2.05) is 67.3 Å². The molecule has 0 bridgehead atoms. The second kappa shape index (κ2) is 6.57. The van der Waals surface area contributed by atoms with Gasteiger partial charge in [0.25, 0.3) is 5.91 Å². The van der Waals surface area contributed by atoms with Crippen LogP contribution in [0.5, 0.6) is 0 Å². The molecule has 0 fully saturated rings. The molecule has 0 aliphatic carbocycles. The molecule has 0 N–H and O–H groups in total. The number of carbonyl (C=O) groups excluding carboxylic acids is 1. The summed E-state index contributed by atoms with van der Waals surface area (Å²) in [5.74, 6) is 0.0355. The van der Waals surface area contributed by atoms with Gasteiger partial charge in [-0.25, -0.2) is 9.97 Å². The highest BCUT2D eigenvalue weighted by Gasteiger charge is 2.18. The second-order valence-corrected chi connectivity index (χ2v) is 5.26. The lowest BCUT2D eigenvalue weighted by atomic mass is 10.00. The highest BCUT2D eigenvalue weighted by molar-refractivity contribution is 6.04. The molecule has 2 aromatic carbocycles. The Kier molecular flexibility index (Phi) is 4.33. The Hall–Kier alpha value is -2.75. The normalized spacial score (nSPS) is 10.7. The molecule has 3 rings (SSSR count). The minimum absolute atomic E-state index is 0.0355. The van der Waals surface area contributed by atoms with Crippen LogP contribution in [0.3, 0.4) is 0 Å². The minimum atomic E-state index is 0.0355. The first-order valence-corrected chi connectivity index (χ1v) is 7.84. The molecule has 4 heteroatoms. The van der Waals surface area contributed by atoms with Crippen molar-refractivity contribution in [2.75, 3.05) is 13.1 Å². The molecule has 0 aliphatic heterocycles. The van der Waals surface area contributed by atoms with Crippen molar-refractivity contribution in [3.63, 3.8) is 0 Å². The van der Waals surface area contributed by atoms with Gasteiger partial charge in [0.15, 0.2) is 0 Å². The van der Waals surface area contributed by atoms with Crippen LogP contribution in [-0.4, -0.2) is 33.9 Å². The molecule has 0 radical (unpaired) electrons. The molecule has 0 saturated carbocycles. The zero-order valence-electron chi connectivity index (χ0n) is 13.4. The van der Waals surface area contributed by atoms with Gasteiger partial charge in [0, 0.05) is 29.6 Å². The molecule has 0 spiro atoms. The number of rotatable bonds is 4. The average molecular weight is 305 g/mol. The van der Waals surface area contributed by atoms with Crippen molar-refractivity contribution in [1.29, 1.82) is 0 Å². The smallest absolute Gasteiger partial charge is 0.254 e. The lowest BCUT2D eigenvalue weighted by Crippen LogP contribution is -2.30. The summed E-state index contributed by atoms with van der Waals surface area (Å²) in [5.41, 5.74) is 3.21. The lowest BCUT2D eigenvalue weighted by Gasteiger charge is -2.20. The van der Waals surface area contributed by atoms with Crippen molar-refractivity contribution >= 4 is 16.8 Å². The number of amides is 1. The van der Waals surface area contributed by atoms with Crippen LogP contribution < -0.4 is 0 Å². The number of benzene rings is 2. The van der Waals surface area contributed by atoms with Crippen molar-refractivity contribution in [2.45, 2.75) is 13.8 Å². The third-order valence-corrected chi connectivity index (χ3v) is 4.01. The molecule has 1 aromatic heterocycles. The lowest BCUT2D eigenvalue weighted by molar-refractivity contribution is 0.0773. The van der Waals surface area contributed by atoms with Gasteiger partial charge in [0.2, 0.25) is 0 Å². The number of para-hydroxylation sites is 1. The molecular formula is C19H19N3O. The first kappa shape index (κ1) is 15.2. The Labute approximate surface area is 135 Å². The van der Waals surface area contributed by atoms with Gasteiger partial charge in [-0.3, -0.25) is 4.79 Å². The molecule has 0 atom stereocenters. The molecule has 116 valence electrons. The topological polar surface area (TPSA) is 46.1 Å². The predicted octanol–water partition coefficient (Wildman–Crippen LogP) is 3.78. The van der Waals surface area contributed by atoms with Crippen molar-refractivity contribution in [1.82, 2.24) is 14.9 Å². The molecule has 4 nitrogen and oxygen atoms in total. The Balaban J connectivity index is 2.19. The van der Waals surface area contributed by atoms with E-state index in [0.717, 1.165) is 22.2 Å². The monoisotopic (exact) mass is 305 g/mol. The van der Waals surface area contributed by atoms with E-state index in [2.05, 4.69) is 9.97 Å². The molecule has 1 amide bonds.